The van der Waals surface area contributed by atoms with E-state index in [0.717, 1.165) is 6.07 Å². The van der Waals surface area contributed by atoms with Gasteiger partial charge in [-0.2, -0.15) is 0 Å². The Hall–Kier alpha value is -1.23. The van der Waals surface area contributed by atoms with Crippen LogP contribution in [0.5, 0.6) is 0 Å². The van der Waals surface area contributed by atoms with E-state index in [2.05, 4.69) is 4.98 Å². The summed E-state index contributed by atoms with van der Waals surface area (Å²) in [5.74, 6) is -1.80. The lowest BCUT2D eigenvalue weighted by molar-refractivity contribution is 0.493. The number of halogens is 4. The van der Waals surface area contributed by atoms with Gasteiger partial charge in [-0.3, -0.25) is 4.98 Å². The summed E-state index contributed by atoms with van der Waals surface area (Å²) in [6, 6.07) is 4.82. The van der Waals surface area contributed by atoms with Crippen molar-refractivity contribution >= 4 is 23.2 Å². The van der Waals surface area contributed by atoms with E-state index in [1.54, 1.807) is 0 Å². The Balaban J connectivity index is 2.25. The summed E-state index contributed by atoms with van der Waals surface area (Å²) in [7, 11) is 0. The molecule has 1 atom stereocenters. The normalized spacial score (nSPS) is 12.5. The minimum atomic E-state index is -0.903. The molecule has 0 bridgehead atoms. The van der Waals surface area contributed by atoms with Crippen molar-refractivity contribution in [1.82, 2.24) is 4.98 Å². The average Bonchev–Trinajstić information content (AvgIpc) is 2.34. The summed E-state index contributed by atoms with van der Waals surface area (Å²) in [5, 5.41) is 0.690. The molecule has 0 radical (unpaired) electrons. The Bertz CT molecular complexity index is 605. The van der Waals surface area contributed by atoms with E-state index in [1.807, 2.05) is 0 Å². The number of nitrogens with two attached hydrogens (primary N) is 1. The van der Waals surface area contributed by atoms with E-state index in [0.29, 0.717) is 15.7 Å². The molecule has 6 heteroatoms. The molecule has 0 spiro atoms. The molecule has 19 heavy (non-hydrogen) atoms. The first-order valence-corrected chi connectivity index (χ1v) is 6.24. The predicted octanol–water partition coefficient (Wildman–Crippen LogP) is 3.91. The Morgan fingerprint density at radius 2 is 2.00 bits per heavy atom. The minimum Gasteiger partial charge on any atom is -0.322 e. The van der Waals surface area contributed by atoms with Crippen LogP contribution in [0.2, 0.25) is 10.0 Å². The molecule has 2 N–H and O–H groups in total. The molecule has 0 aliphatic rings. The molecule has 0 aliphatic carbocycles. The Kier molecular flexibility index (Phi) is 4.34. The third-order valence-corrected chi connectivity index (χ3v) is 3.17. The molecule has 2 rings (SSSR count). The first-order valence-electron chi connectivity index (χ1n) is 5.48. The van der Waals surface area contributed by atoms with Gasteiger partial charge in [0, 0.05) is 6.20 Å². The van der Waals surface area contributed by atoms with Crippen LogP contribution in [0, 0.1) is 11.6 Å². The average molecular weight is 303 g/mol. The molecule has 1 heterocycles. The van der Waals surface area contributed by atoms with Crippen LogP contribution in [0.1, 0.15) is 17.3 Å². The number of aromatic nitrogens is 1. The molecular weight excluding hydrogens is 293 g/mol. The van der Waals surface area contributed by atoms with E-state index < -0.39 is 17.7 Å². The van der Waals surface area contributed by atoms with Crippen LogP contribution < -0.4 is 5.73 Å². The van der Waals surface area contributed by atoms with Crippen LogP contribution in [0.4, 0.5) is 8.78 Å². The van der Waals surface area contributed by atoms with Gasteiger partial charge in [0.25, 0.3) is 0 Å². The molecular formula is C13H10Cl2F2N2. The van der Waals surface area contributed by atoms with Crippen molar-refractivity contribution in [2.24, 2.45) is 5.73 Å². The van der Waals surface area contributed by atoms with Gasteiger partial charge < -0.3 is 5.73 Å². The summed E-state index contributed by atoms with van der Waals surface area (Å²) in [6.45, 7) is 0. The molecule has 100 valence electrons. The first-order chi connectivity index (χ1) is 8.99. The van der Waals surface area contributed by atoms with Gasteiger partial charge in [-0.05, 0) is 24.1 Å². The van der Waals surface area contributed by atoms with Crippen LogP contribution in [-0.2, 0) is 6.42 Å². The van der Waals surface area contributed by atoms with Crippen LogP contribution >= 0.6 is 23.2 Å². The third kappa shape index (κ3) is 3.21. The van der Waals surface area contributed by atoms with E-state index in [9.17, 15) is 8.78 Å². The minimum absolute atomic E-state index is 0.0952. The molecule has 0 saturated heterocycles. The topological polar surface area (TPSA) is 38.9 Å². The van der Waals surface area contributed by atoms with Gasteiger partial charge in [0.15, 0.2) is 11.6 Å². The van der Waals surface area contributed by atoms with Crippen LogP contribution in [-0.4, -0.2) is 4.98 Å². The molecule has 0 aliphatic heterocycles. The molecule has 0 saturated carbocycles. The Labute approximate surface area is 119 Å². The monoisotopic (exact) mass is 302 g/mol. The fourth-order valence-electron chi connectivity index (χ4n) is 1.74. The molecule has 0 fully saturated rings. The second kappa shape index (κ2) is 5.82. The second-order valence-corrected chi connectivity index (χ2v) is 4.89. The SMILES string of the molecule is NC(Cc1cccc(F)c1F)c1ncc(Cl)cc1Cl. The lowest BCUT2D eigenvalue weighted by Gasteiger charge is -2.13. The molecule has 1 unspecified atom stereocenters. The fourth-order valence-corrected chi connectivity index (χ4v) is 2.26. The van der Waals surface area contributed by atoms with Gasteiger partial charge in [-0.15, -0.1) is 0 Å². The van der Waals surface area contributed by atoms with Gasteiger partial charge in [-0.1, -0.05) is 35.3 Å². The summed E-state index contributed by atoms with van der Waals surface area (Å²) >= 11 is 11.7. The van der Waals surface area contributed by atoms with Crippen LogP contribution in [0.15, 0.2) is 30.5 Å². The predicted molar refractivity (Wildman–Crippen MR) is 71.2 cm³/mol. The van der Waals surface area contributed by atoms with E-state index in [4.69, 9.17) is 28.9 Å². The zero-order valence-corrected chi connectivity index (χ0v) is 11.2. The number of benzene rings is 1. The molecule has 1 aromatic carbocycles. The quantitative estimate of drug-likeness (QED) is 0.933. The van der Waals surface area contributed by atoms with Gasteiger partial charge in [-0.25, -0.2) is 8.78 Å². The summed E-state index contributed by atoms with van der Waals surface area (Å²) < 4.78 is 26.6. The van der Waals surface area contributed by atoms with Gasteiger partial charge >= 0.3 is 0 Å². The van der Waals surface area contributed by atoms with Gasteiger partial charge in [0.2, 0.25) is 0 Å². The number of hydrogen-bond donors (Lipinski definition) is 1. The van der Waals surface area contributed by atoms with Gasteiger partial charge in [0.1, 0.15) is 0 Å². The smallest absolute Gasteiger partial charge is 0.162 e. The summed E-state index contributed by atoms with van der Waals surface area (Å²) in [4.78, 5) is 4.02. The highest BCUT2D eigenvalue weighted by molar-refractivity contribution is 6.34. The van der Waals surface area contributed by atoms with Crippen molar-refractivity contribution in [1.29, 1.82) is 0 Å². The standard InChI is InChI=1S/C13H10Cl2F2N2/c14-8-5-9(15)13(19-6-8)11(18)4-7-2-1-3-10(16)12(7)17/h1-3,5-6,11H,4,18H2. The third-order valence-electron chi connectivity index (χ3n) is 2.66. The maximum Gasteiger partial charge on any atom is 0.162 e. The highest BCUT2D eigenvalue weighted by Gasteiger charge is 2.16. The summed E-state index contributed by atoms with van der Waals surface area (Å²) in [5.41, 5.74) is 6.50. The van der Waals surface area contributed by atoms with Crippen molar-refractivity contribution in [3.05, 3.63) is 63.4 Å². The lowest BCUT2D eigenvalue weighted by Crippen LogP contribution is -2.16. The number of nitrogens with zero attached hydrogens (tertiary/aromatic N) is 1. The van der Waals surface area contributed by atoms with Gasteiger partial charge in [0.05, 0.1) is 21.8 Å². The maximum absolute atomic E-state index is 13.5. The highest BCUT2D eigenvalue weighted by Crippen LogP contribution is 2.25. The molecule has 2 nitrogen and oxygen atoms in total. The largest absolute Gasteiger partial charge is 0.322 e. The van der Waals surface area contributed by atoms with E-state index in [1.165, 1.54) is 24.4 Å². The van der Waals surface area contributed by atoms with Crippen LogP contribution in [0.3, 0.4) is 0 Å². The molecule has 1 aromatic heterocycles. The zero-order chi connectivity index (χ0) is 14.0. The molecule has 2 aromatic rings. The van der Waals surface area contributed by atoms with E-state index in [-0.39, 0.29) is 12.0 Å². The Morgan fingerprint density at radius 3 is 2.68 bits per heavy atom. The zero-order valence-electron chi connectivity index (χ0n) is 9.71. The van der Waals surface area contributed by atoms with Crippen molar-refractivity contribution in [2.75, 3.05) is 0 Å². The fraction of sp³-hybridized carbons (Fsp3) is 0.154. The number of hydrogen-bond acceptors (Lipinski definition) is 2. The summed E-state index contributed by atoms with van der Waals surface area (Å²) in [6.07, 6.45) is 1.50. The second-order valence-electron chi connectivity index (χ2n) is 4.04. The highest BCUT2D eigenvalue weighted by atomic mass is 35.5. The van der Waals surface area contributed by atoms with Crippen molar-refractivity contribution < 1.29 is 8.78 Å². The first kappa shape index (κ1) is 14.2. The molecule has 0 amide bonds. The van der Waals surface area contributed by atoms with Crippen LogP contribution in [0.25, 0.3) is 0 Å². The maximum atomic E-state index is 13.5. The Morgan fingerprint density at radius 1 is 1.26 bits per heavy atom. The lowest BCUT2D eigenvalue weighted by atomic mass is 10.0. The number of rotatable bonds is 3. The van der Waals surface area contributed by atoms with Crippen molar-refractivity contribution in [2.45, 2.75) is 12.5 Å². The number of pyridine rings is 1. The van der Waals surface area contributed by atoms with Crippen molar-refractivity contribution in [3.8, 4) is 0 Å². The van der Waals surface area contributed by atoms with E-state index >= 15 is 0 Å². The van der Waals surface area contributed by atoms with Crippen molar-refractivity contribution in [3.63, 3.8) is 0 Å².